The zero-order valence-corrected chi connectivity index (χ0v) is 11.3. The lowest BCUT2D eigenvalue weighted by atomic mass is 10.2. The van der Waals surface area contributed by atoms with E-state index in [4.69, 9.17) is 21.1 Å². The first-order chi connectivity index (χ1) is 8.31. The van der Waals surface area contributed by atoms with E-state index < -0.39 is 11.6 Å². The lowest BCUT2D eigenvalue weighted by molar-refractivity contribution is -0.157. The number of benzene rings is 1. The maximum absolute atomic E-state index is 11.4. The molecule has 0 aliphatic heterocycles. The van der Waals surface area contributed by atoms with E-state index in [1.54, 1.807) is 26.8 Å². The molecule has 0 amide bonds. The summed E-state index contributed by atoms with van der Waals surface area (Å²) in [6.07, 6.45) is 0.628. The Balaban J connectivity index is 2.59. The van der Waals surface area contributed by atoms with E-state index in [9.17, 15) is 9.59 Å². The lowest BCUT2D eigenvalue weighted by Gasteiger charge is -2.19. The Kier molecular flexibility index (Phi) is 4.73. The van der Waals surface area contributed by atoms with Gasteiger partial charge in [-0.2, -0.15) is 0 Å². The quantitative estimate of drug-likeness (QED) is 0.624. The highest BCUT2D eigenvalue weighted by atomic mass is 35.5. The van der Waals surface area contributed by atoms with Gasteiger partial charge in [-0.15, -0.1) is 0 Å². The topological polar surface area (TPSA) is 52.6 Å². The number of rotatable bonds is 4. The minimum atomic E-state index is -0.547. The first-order valence-corrected chi connectivity index (χ1v) is 5.79. The average molecular weight is 271 g/mol. The van der Waals surface area contributed by atoms with Gasteiger partial charge in [0.1, 0.15) is 11.4 Å². The highest BCUT2D eigenvalue weighted by Crippen LogP contribution is 2.20. The van der Waals surface area contributed by atoms with Crippen LogP contribution in [0.4, 0.5) is 0 Å². The second-order valence-electron chi connectivity index (χ2n) is 4.68. The minimum absolute atomic E-state index is 0.211. The van der Waals surface area contributed by atoms with E-state index in [0.717, 1.165) is 0 Å². The number of hydrogen-bond donors (Lipinski definition) is 0. The molecule has 0 atom stereocenters. The van der Waals surface area contributed by atoms with Gasteiger partial charge in [0, 0.05) is 5.56 Å². The van der Waals surface area contributed by atoms with Crippen LogP contribution in [0, 0.1) is 0 Å². The summed E-state index contributed by atoms with van der Waals surface area (Å²) in [6.45, 7) is 5.12. The molecule has 1 aromatic carbocycles. The molecule has 1 rings (SSSR count). The molecular weight excluding hydrogens is 256 g/mol. The Morgan fingerprint density at radius 2 is 2.06 bits per heavy atom. The molecule has 0 aromatic heterocycles. The molecule has 0 bridgehead atoms. The molecular formula is C13H15ClO4. The third-order valence-electron chi connectivity index (χ3n) is 1.87. The van der Waals surface area contributed by atoms with Crippen molar-refractivity contribution in [1.82, 2.24) is 0 Å². The maximum Gasteiger partial charge on any atom is 0.344 e. The molecule has 5 heteroatoms. The predicted octanol–water partition coefficient (Wildman–Crippen LogP) is 2.87. The SMILES string of the molecule is CC(C)(C)OC(=O)COc1ccc(Cl)c(C=O)c1. The van der Waals surface area contributed by atoms with Gasteiger partial charge in [0.15, 0.2) is 12.9 Å². The van der Waals surface area contributed by atoms with E-state index in [2.05, 4.69) is 0 Å². The number of ether oxygens (including phenoxy) is 2. The van der Waals surface area contributed by atoms with Crippen LogP contribution in [0.3, 0.4) is 0 Å². The van der Waals surface area contributed by atoms with E-state index in [-0.39, 0.29) is 6.61 Å². The first kappa shape index (κ1) is 14.5. The van der Waals surface area contributed by atoms with Crippen LogP contribution in [0.5, 0.6) is 5.75 Å². The summed E-state index contributed by atoms with van der Waals surface area (Å²) in [7, 11) is 0. The Morgan fingerprint density at radius 1 is 1.39 bits per heavy atom. The van der Waals surface area contributed by atoms with Gasteiger partial charge in [0.2, 0.25) is 0 Å². The van der Waals surface area contributed by atoms with Crippen LogP contribution in [0.25, 0.3) is 0 Å². The number of aldehydes is 1. The zero-order valence-electron chi connectivity index (χ0n) is 10.5. The van der Waals surface area contributed by atoms with E-state index in [0.29, 0.717) is 22.6 Å². The Labute approximate surface area is 111 Å². The molecule has 4 nitrogen and oxygen atoms in total. The van der Waals surface area contributed by atoms with Crippen molar-refractivity contribution in [3.05, 3.63) is 28.8 Å². The summed E-state index contributed by atoms with van der Waals surface area (Å²) in [5, 5.41) is 0.342. The van der Waals surface area contributed by atoms with E-state index in [1.165, 1.54) is 12.1 Å². The Bertz CT molecular complexity index is 449. The average Bonchev–Trinajstić information content (AvgIpc) is 2.25. The second-order valence-corrected chi connectivity index (χ2v) is 5.08. The molecule has 0 heterocycles. The van der Waals surface area contributed by atoms with Gasteiger partial charge >= 0.3 is 5.97 Å². The molecule has 0 radical (unpaired) electrons. The number of carbonyl (C=O) groups is 2. The van der Waals surface area contributed by atoms with Crippen molar-refractivity contribution in [2.24, 2.45) is 0 Å². The van der Waals surface area contributed by atoms with Crippen LogP contribution >= 0.6 is 11.6 Å². The summed E-state index contributed by atoms with van der Waals surface area (Å²) in [6, 6.07) is 4.59. The highest BCUT2D eigenvalue weighted by Gasteiger charge is 2.16. The van der Waals surface area contributed by atoms with Crippen molar-refractivity contribution in [3.8, 4) is 5.75 Å². The summed E-state index contributed by atoms with van der Waals surface area (Å²) in [5.74, 6) is -0.0718. The smallest absolute Gasteiger partial charge is 0.344 e. The van der Waals surface area contributed by atoms with Gasteiger partial charge in [0.25, 0.3) is 0 Å². The fourth-order valence-electron chi connectivity index (χ4n) is 1.22. The molecule has 98 valence electrons. The molecule has 18 heavy (non-hydrogen) atoms. The summed E-state index contributed by atoms with van der Waals surface area (Å²) in [4.78, 5) is 22.1. The lowest BCUT2D eigenvalue weighted by Crippen LogP contribution is -2.27. The van der Waals surface area contributed by atoms with Crippen molar-refractivity contribution in [3.63, 3.8) is 0 Å². The molecule has 0 aliphatic carbocycles. The van der Waals surface area contributed by atoms with Crippen molar-refractivity contribution in [2.75, 3.05) is 6.61 Å². The first-order valence-electron chi connectivity index (χ1n) is 5.41. The van der Waals surface area contributed by atoms with Crippen molar-refractivity contribution in [2.45, 2.75) is 26.4 Å². The molecule has 0 N–H and O–H groups in total. The van der Waals surface area contributed by atoms with Crippen LogP contribution in [0.1, 0.15) is 31.1 Å². The van der Waals surface area contributed by atoms with Crippen LogP contribution in [-0.4, -0.2) is 24.5 Å². The molecule has 0 saturated carbocycles. The molecule has 1 aromatic rings. The van der Waals surface area contributed by atoms with Crippen LogP contribution in [0.15, 0.2) is 18.2 Å². The van der Waals surface area contributed by atoms with E-state index in [1.807, 2.05) is 0 Å². The van der Waals surface area contributed by atoms with Crippen LogP contribution in [0.2, 0.25) is 5.02 Å². The number of carbonyl (C=O) groups excluding carboxylic acids is 2. The molecule has 0 saturated heterocycles. The van der Waals surface area contributed by atoms with Crippen LogP contribution < -0.4 is 4.74 Å². The number of esters is 1. The predicted molar refractivity (Wildman–Crippen MR) is 68.2 cm³/mol. The van der Waals surface area contributed by atoms with Gasteiger partial charge in [-0.25, -0.2) is 4.79 Å². The molecule has 0 fully saturated rings. The Morgan fingerprint density at radius 3 is 2.61 bits per heavy atom. The molecule has 0 unspecified atom stereocenters. The number of hydrogen-bond acceptors (Lipinski definition) is 4. The zero-order chi connectivity index (χ0) is 13.8. The third-order valence-corrected chi connectivity index (χ3v) is 2.22. The van der Waals surface area contributed by atoms with Gasteiger partial charge in [-0.3, -0.25) is 4.79 Å². The fraction of sp³-hybridized carbons (Fsp3) is 0.385. The van der Waals surface area contributed by atoms with Crippen molar-refractivity contribution >= 4 is 23.9 Å². The highest BCUT2D eigenvalue weighted by molar-refractivity contribution is 6.33. The van der Waals surface area contributed by atoms with Crippen LogP contribution in [-0.2, 0) is 9.53 Å². The summed E-state index contributed by atoms with van der Waals surface area (Å²) >= 11 is 5.77. The standard InChI is InChI=1S/C13H15ClO4/c1-13(2,3)18-12(16)8-17-10-4-5-11(14)9(6-10)7-15/h4-7H,8H2,1-3H3. The third kappa shape index (κ3) is 4.75. The van der Waals surface area contributed by atoms with Crippen molar-refractivity contribution in [1.29, 1.82) is 0 Å². The summed E-state index contributed by atoms with van der Waals surface area (Å²) in [5.41, 5.74) is -0.229. The number of halogens is 1. The van der Waals surface area contributed by atoms with Gasteiger partial charge in [-0.05, 0) is 39.0 Å². The minimum Gasteiger partial charge on any atom is -0.482 e. The maximum atomic E-state index is 11.4. The van der Waals surface area contributed by atoms with E-state index >= 15 is 0 Å². The largest absolute Gasteiger partial charge is 0.482 e. The van der Waals surface area contributed by atoms with Gasteiger partial charge < -0.3 is 9.47 Å². The Hall–Kier alpha value is -1.55. The monoisotopic (exact) mass is 270 g/mol. The summed E-state index contributed by atoms with van der Waals surface area (Å²) < 4.78 is 10.3. The van der Waals surface area contributed by atoms with Gasteiger partial charge in [-0.1, -0.05) is 11.6 Å². The normalized spacial score (nSPS) is 10.9. The van der Waals surface area contributed by atoms with Gasteiger partial charge in [0.05, 0.1) is 5.02 Å². The molecule has 0 aliphatic rings. The second kappa shape index (κ2) is 5.87. The fourth-order valence-corrected chi connectivity index (χ4v) is 1.38. The van der Waals surface area contributed by atoms with Crippen molar-refractivity contribution < 1.29 is 19.1 Å². The molecule has 0 spiro atoms.